The van der Waals surface area contributed by atoms with E-state index >= 15 is 0 Å². The second-order valence-electron chi connectivity index (χ2n) is 5.79. The van der Waals surface area contributed by atoms with Gasteiger partial charge in [0.15, 0.2) is 0 Å². The van der Waals surface area contributed by atoms with E-state index in [2.05, 4.69) is 17.1 Å². The van der Waals surface area contributed by atoms with Crippen LogP contribution in [0.3, 0.4) is 0 Å². The highest BCUT2D eigenvalue weighted by Crippen LogP contribution is 2.16. The molecule has 0 radical (unpaired) electrons. The molecule has 1 heterocycles. The minimum absolute atomic E-state index is 0.188. The summed E-state index contributed by atoms with van der Waals surface area (Å²) >= 11 is 5.87. The van der Waals surface area contributed by atoms with Gasteiger partial charge in [0.25, 0.3) is 0 Å². The Morgan fingerprint density at radius 1 is 1.35 bits per heavy atom. The Labute approximate surface area is 126 Å². The van der Waals surface area contributed by atoms with Crippen LogP contribution < -0.4 is 5.32 Å². The van der Waals surface area contributed by atoms with Crippen molar-refractivity contribution in [2.75, 3.05) is 26.2 Å². The van der Waals surface area contributed by atoms with Crippen molar-refractivity contribution >= 4 is 11.6 Å². The summed E-state index contributed by atoms with van der Waals surface area (Å²) in [5.74, 6) is 0.696. The summed E-state index contributed by atoms with van der Waals surface area (Å²) in [7, 11) is 0. The molecule has 1 aliphatic heterocycles. The lowest BCUT2D eigenvalue weighted by Gasteiger charge is -2.30. The molecule has 0 saturated carbocycles. The van der Waals surface area contributed by atoms with E-state index in [1.165, 1.54) is 32.0 Å². The highest BCUT2D eigenvalue weighted by molar-refractivity contribution is 6.30. The van der Waals surface area contributed by atoms with Gasteiger partial charge in [-0.1, -0.05) is 18.5 Å². The molecule has 1 aromatic rings. The van der Waals surface area contributed by atoms with Gasteiger partial charge >= 0.3 is 0 Å². The van der Waals surface area contributed by atoms with E-state index in [4.69, 9.17) is 11.6 Å². The maximum Gasteiger partial charge on any atom is 0.127 e. The average molecular weight is 299 g/mol. The number of hydrogen-bond acceptors (Lipinski definition) is 2. The quantitative estimate of drug-likeness (QED) is 0.806. The molecule has 1 aliphatic rings. The van der Waals surface area contributed by atoms with E-state index in [1.807, 2.05) is 0 Å². The summed E-state index contributed by atoms with van der Waals surface area (Å²) in [5.41, 5.74) is 0.643. The normalized spacial score (nSPS) is 17.6. The maximum atomic E-state index is 13.5. The minimum atomic E-state index is -0.188. The summed E-state index contributed by atoms with van der Waals surface area (Å²) in [6.45, 7) is 7.38. The average Bonchev–Trinajstić information content (AvgIpc) is 2.44. The smallest absolute Gasteiger partial charge is 0.127 e. The minimum Gasteiger partial charge on any atom is -0.313 e. The lowest BCUT2D eigenvalue weighted by Crippen LogP contribution is -2.34. The summed E-state index contributed by atoms with van der Waals surface area (Å²) < 4.78 is 13.5. The van der Waals surface area contributed by atoms with Gasteiger partial charge in [0.2, 0.25) is 0 Å². The molecule has 1 N–H and O–H groups in total. The summed E-state index contributed by atoms with van der Waals surface area (Å²) in [6, 6.07) is 4.70. The van der Waals surface area contributed by atoms with E-state index in [0.29, 0.717) is 17.1 Å². The molecule has 0 aromatic heterocycles. The van der Waals surface area contributed by atoms with Gasteiger partial charge < -0.3 is 10.2 Å². The Hall–Kier alpha value is -0.640. The second-order valence-corrected chi connectivity index (χ2v) is 6.23. The van der Waals surface area contributed by atoms with Crippen LogP contribution in [0.2, 0.25) is 5.02 Å². The first kappa shape index (κ1) is 15.7. The second kappa shape index (κ2) is 7.96. The van der Waals surface area contributed by atoms with Gasteiger partial charge in [-0.15, -0.1) is 0 Å². The molecule has 4 heteroatoms. The fraction of sp³-hybridized carbons (Fsp3) is 0.625. The molecular formula is C16H24ClFN2. The van der Waals surface area contributed by atoms with Crippen molar-refractivity contribution in [3.8, 4) is 0 Å². The van der Waals surface area contributed by atoms with Gasteiger partial charge in [0.05, 0.1) is 0 Å². The summed E-state index contributed by atoms with van der Waals surface area (Å²) in [5, 5.41) is 3.88. The molecule has 20 heavy (non-hydrogen) atoms. The fourth-order valence-corrected chi connectivity index (χ4v) is 2.81. The zero-order chi connectivity index (χ0) is 14.4. The predicted molar refractivity (Wildman–Crippen MR) is 82.6 cm³/mol. The van der Waals surface area contributed by atoms with Crippen LogP contribution in [0.25, 0.3) is 0 Å². The third-order valence-corrected chi connectivity index (χ3v) is 4.26. The lowest BCUT2D eigenvalue weighted by atomic mass is 9.99. The topological polar surface area (TPSA) is 15.3 Å². The van der Waals surface area contributed by atoms with Crippen molar-refractivity contribution in [3.63, 3.8) is 0 Å². The highest BCUT2D eigenvalue weighted by Gasteiger charge is 2.14. The predicted octanol–water partition coefficient (Wildman–Crippen LogP) is 3.69. The molecule has 0 unspecified atom stereocenters. The van der Waals surface area contributed by atoms with Crippen LogP contribution in [0.15, 0.2) is 18.2 Å². The van der Waals surface area contributed by atoms with Crippen molar-refractivity contribution in [1.82, 2.24) is 10.2 Å². The number of likely N-dealkylation sites (tertiary alicyclic amines) is 1. The van der Waals surface area contributed by atoms with Crippen LogP contribution in [0, 0.1) is 11.7 Å². The molecule has 0 aliphatic carbocycles. The first-order valence-electron chi connectivity index (χ1n) is 7.52. The lowest BCUT2D eigenvalue weighted by molar-refractivity contribution is 0.190. The number of rotatable bonds is 6. The molecule has 1 fully saturated rings. The van der Waals surface area contributed by atoms with E-state index in [-0.39, 0.29) is 5.82 Å². The molecule has 0 atom stereocenters. The monoisotopic (exact) mass is 298 g/mol. The molecular weight excluding hydrogens is 275 g/mol. The van der Waals surface area contributed by atoms with Gasteiger partial charge in [-0.25, -0.2) is 4.39 Å². The number of hydrogen-bond donors (Lipinski definition) is 1. The zero-order valence-electron chi connectivity index (χ0n) is 12.2. The van der Waals surface area contributed by atoms with Gasteiger partial charge in [-0.3, -0.25) is 0 Å². The standard InChI is InChI=1S/C16H24ClFN2/c1-13-5-9-20(10-6-13)8-2-7-19-12-14-11-15(17)3-4-16(14)18/h3-4,11,13,19H,2,5-10,12H2,1H3. The van der Waals surface area contributed by atoms with Crippen molar-refractivity contribution in [2.45, 2.75) is 32.7 Å². The molecule has 1 aromatic carbocycles. The van der Waals surface area contributed by atoms with Crippen LogP contribution >= 0.6 is 11.6 Å². The molecule has 112 valence electrons. The van der Waals surface area contributed by atoms with Crippen LogP contribution in [0.4, 0.5) is 4.39 Å². The number of halogens is 2. The third kappa shape index (κ3) is 5.04. The first-order chi connectivity index (χ1) is 9.65. The van der Waals surface area contributed by atoms with E-state index < -0.39 is 0 Å². The van der Waals surface area contributed by atoms with Crippen LogP contribution in [0.5, 0.6) is 0 Å². The molecule has 2 rings (SSSR count). The highest BCUT2D eigenvalue weighted by atomic mass is 35.5. The summed E-state index contributed by atoms with van der Waals surface area (Å²) in [6.07, 6.45) is 3.75. The number of nitrogens with zero attached hydrogens (tertiary/aromatic N) is 1. The largest absolute Gasteiger partial charge is 0.313 e. The van der Waals surface area contributed by atoms with Crippen molar-refractivity contribution in [3.05, 3.63) is 34.6 Å². The van der Waals surface area contributed by atoms with Crippen molar-refractivity contribution in [2.24, 2.45) is 5.92 Å². The number of benzene rings is 1. The molecule has 2 nitrogen and oxygen atoms in total. The SMILES string of the molecule is CC1CCN(CCCNCc2cc(Cl)ccc2F)CC1. The van der Waals surface area contributed by atoms with E-state index in [0.717, 1.165) is 25.4 Å². The fourth-order valence-electron chi connectivity index (χ4n) is 2.62. The Morgan fingerprint density at radius 2 is 2.10 bits per heavy atom. The maximum absolute atomic E-state index is 13.5. The van der Waals surface area contributed by atoms with E-state index in [1.54, 1.807) is 12.1 Å². The van der Waals surface area contributed by atoms with E-state index in [9.17, 15) is 4.39 Å². The van der Waals surface area contributed by atoms with Crippen molar-refractivity contribution in [1.29, 1.82) is 0 Å². The Bertz CT molecular complexity index is 417. The molecule has 0 amide bonds. The van der Waals surface area contributed by atoms with Crippen LogP contribution in [-0.4, -0.2) is 31.1 Å². The zero-order valence-corrected chi connectivity index (χ0v) is 12.9. The molecule has 1 saturated heterocycles. The number of nitrogens with one attached hydrogen (secondary N) is 1. The van der Waals surface area contributed by atoms with Gasteiger partial charge in [-0.2, -0.15) is 0 Å². The molecule has 0 spiro atoms. The Morgan fingerprint density at radius 3 is 2.85 bits per heavy atom. The summed E-state index contributed by atoms with van der Waals surface area (Å²) in [4.78, 5) is 2.53. The van der Waals surface area contributed by atoms with Gasteiger partial charge in [0.1, 0.15) is 5.82 Å². The van der Waals surface area contributed by atoms with Crippen molar-refractivity contribution < 1.29 is 4.39 Å². The molecule has 0 bridgehead atoms. The van der Waals surface area contributed by atoms with Gasteiger partial charge in [-0.05, 0) is 69.6 Å². The van der Waals surface area contributed by atoms with Crippen LogP contribution in [0.1, 0.15) is 31.7 Å². The van der Waals surface area contributed by atoms with Crippen LogP contribution in [-0.2, 0) is 6.54 Å². The third-order valence-electron chi connectivity index (χ3n) is 4.03. The Kier molecular flexibility index (Phi) is 6.27. The Balaban J connectivity index is 1.61. The first-order valence-corrected chi connectivity index (χ1v) is 7.90. The van der Waals surface area contributed by atoms with Gasteiger partial charge in [0, 0.05) is 17.1 Å². The number of piperidine rings is 1.